The average Bonchev–Trinajstić information content (AvgIpc) is 2.81. The molecule has 0 spiro atoms. The smallest absolute Gasteiger partial charge is 0.143 e. The first-order valence-electron chi connectivity index (χ1n) is 7.63. The van der Waals surface area contributed by atoms with Crippen LogP contribution in [-0.4, -0.2) is 45.5 Å². The molecular weight excluding hydrogens is 252 g/mol. The van der Waals surface area contributed by atoms with Crippen LogP contribution in [0, 0.1) is 6.92 Å². The molecule has 2 fully saturated rings. The number of hydrogen-bond donors (Lipinski definition) is 1. The third-order valence-corrected chi connectivity index (χ3v) is 3.98. The Balaban J connectivity index is 1.80. The third kappa shape index (κ3) is 3.25. The molecular formula is C16H24N2O2. The highest BCUT2D eigenvalue weighted by Crippen LogP contribution is 2.31. The highest BCUT2D eigenvalue weighted by molar-refractivity contribution is 5.60. The van der Waals surface area contributed by atoms with Gasteiger partial charge in [0.2, 0.25) is 0 Å². The molecule has 2 saturated heterocycles. The van der Waals surface area contributed by atoms with Crippen LogP contribution in [0.5, 0.6) is 5.75 Å². The first-order valence-corrected chi connectivity index (χ1v) is 7.63. The molecule has 20 heavy (non-hydrogen) atoms. The maximum absolute atomic E-state index is 6.17. The molecule has 0 saturated carbocycles. The molecule has 0 amide bonds. The average molecular weight is 276 g/mol. The molecule has 4 heteroatoms. The summed E-state index contributed by atoms with van der Waals surface area (Å²) in [5.41, 5.74) is 2.52. The minimum atomic E-state index is 0.210. The second-order valence-electron chi connectivity index (χ2n) is 5.67. The molecule has 0 bridgehead atoms. The Hall–Kier alpha value is -1.26. The predicted octanol–water partition coefficient (Wildman–Crippen LogP) is 1.96. The van der Waals surface area contributed by atoms with Crippen molar-refractivity contribution < 1.29 is 9.47 Å². The zero-order chi connectivity index (χ0) is 13.8. The van der Waals surface area contributed by atoms with E-state index < -0.39 is 0 Å². The number of benzene rings is 1. The Morgan fingerprint density at radius 1 is 1.30 bits per heavy atom. The van der Waals surface area contributed by atoms with Gasteiger partial charge in [0.25, 0.3) is 0 Å². The summed E-state index contributed by atoms with van der Waals surface area (Å²) in [7, 11) is 0. The van der Waals surface area contributed by atoms with Crippen LogP contribution in [0.25, 0.3) is 0 Å². The van der Waals surface area contributed by atoms with Gasteiger partial charge in [-0.25, -0.2) is 0 Å². The molecule has 1 aromatic rings. The van der Waals surface area contributed by atoms with E-state index in [0.717, 1.165) is 51.6 Å². The van der Waals surface area contributed by atoms with E-state index in [0.29, 0.717) is 0 Å². The molecule has 1 unspecified atom stereocenters. The van der Waals surface area contributed by atoms with Crippen molar-refractivity contribution >= 4 is 5.69 Å². The van der Waals surface area contributed by atoms with Crippen molar-refractivity contribution in [3.8, 4) is 5.75 Å². The van der Waals surface area contributed by atoms with Gasteiger partial charge in [-0.05, 0) is 37.6 Å². The Bertz CT molecular complexity index is 436. The van der Waals surface area contributed by atoms with Crippen molar-refractivity contribution in [3.63, 3.8) is 0 Å². The van der Waals surface area contributed by atoms with Crippen molar-refractivity contribution in [1.82, 2.24) is 5.32 Å². The van der Waals surface area contributed by atoms with Crippen molar-refractivity contribution in [2.45, 2.75) is 25.9 Å². The lowest BCUT2D eigenvalue weighted by Gasteiger charge is -2.26. The molecule has 2 heterocycles. The number of ether oxygens (including phenoxy) is 2. The van der Waals surface area contributed by atoms with Crippen LogP contribution < -0.4 is 15.0 Å². The fourth-order valence-electron chi connectivity index (χ4n) is 2.85. The molecule has 2 aliphatic rings. The van der Waals surface area contributed by atoms with E-state index >= 15 is 0 Å². The van der Waals surface area contributed by atoms with Crippen LogP contribution in [-0.2, 0) is 4.74 Å². The highest BCUT2D eigenvalue weighted by atomic mass is 16.5. The molecule has 1 aromatic carbocycles. The summed E-state index contributed by atoms with van der Waals surface area (Å²) in [4.78, 5) is 2.44. The van der Waals surface area contributed by atoms with Gasteiger partial charge in [0.1, 0.15) is 11.9 Å². The monoisotopic (exact) mass is 276 g/mol. The van der Waals surface area contributed by atoms with Gasteiger partial charge in [0, 0.05) is 26.1 Å². The van der Waals surface area contributed by atoms with Crippen molar-refractivity contribution in [2.24, 2.45) is 0 Å². The second kappa shape index (κ2) is 6.46. The Kier molecular flexibility index (Phi) is 4.43. The van der Waals surface area contributed by atoms with Gasteiger partial charge < -0.3 is 19.7 Å². The van der Waals surface area contributed by atoms with Crippen molar-refractivity contribution in [2.75, 3.05) is 44.3 Å². The van der Waals surface area contributed by atoms with Crippen LogP contribution >= 0.6 is 0 Å². The van der Waals surface area contributed by atoms with Crippen LogP contribution in [0.1, 0.15) is 18.4 Å². The second-order valence-corrected chi connectivity index (χ2v) is 5.67. The van der Waals surface area contributed by atoms with E-state index in [-0.39, 0.29) is 6.10 Å². The molecule has 2 aliphatic heterocycles. The Morgan fingerprint density at radius 2 is 2.25 bits per heavy atom. The zero-order valence-corrected chi connectivity index (χ0v) is 12.2. The molecule has 110 valence electrons. The lowest BCUT2D eigenvalue weighted by atomic mass is 10.1. The van der Waals surface area contributed by atoms with Gasteiger partial charge in [0.15, 0.2) is 0 Å². The van der Waals surface area contributed by atoms with Crippen LogP contribution in [0.2, 0.25) is 0 Å². The summed E-state index contributed by atoms with van der Waals surface area (Å²) in [5.74, 6) is 1.01. The molecule has 0 aromatic heterocycles. The first-order chi connectivity index (χ1) is 9.83. The minimum Gasteiger partial charge on any atom is -0.486 e. The van der Waals surface area contributed by atoms with Gasteiger partial charge in [0.05, 0.1) is 18.9 Å². The largest absolute Gasteiger partial charge is 0.486 e. The molecule has 1 atom stereocenters. The lowest BCUT2D eigenvalue weighted by Crippen LogP contribution is -2.29. The zero-order valence-electron chi connectivity index (χ0n) is 12.2. The Morgan fingerprint density at radius 3 is 3.10 bits per heavy atom. The van der Waals surface area contributed by atoms with Crippen LogP contribution in [0.4, 0.5) is 5.69 Å². The number of hydrogen-bond acceptors (Lipinski definition) is 4. The standard InChI is InChI=1S/C16H24N2O2/c1-13-3-4-16(20-14-5-10-19-12-14)15(11-13)18-8-2-6-17-7-9-18/h3-4,11,14,17H,2,5-10,12H2,1H3. The minimum absolute atomic E-state index is 0.210. The SMILES string of the molecule is Cc1ccc(OC2CCOC2)c(N2CCCNCC2)c1. The normalized spacial score (nSPS) is 23.6. The van der Waals surface area contributed by atoms with Gasteiger partial charge in [-0.1, -0.05) is 6.07 Å². The number of aryl methyl sites for hydroxylation is 1. The quantitative estimate of drug-likeness (QED) is 0.915. The van der Waals surface area contributed by atoms with E-state index in [1.54, 1.807) is 0 Å². The summed E-state index contributed by atoms with van der Waals surface area (Å²) in [6, 6.07) is 6.49. The summed E-state index contributed by atoms with van der Waals surface area (Å²) >= 11 is 0. The molecule has 0 aliphatic carbocycles. The maximum Gasteiger partial charge on any atom is 0.143 e. The maximum atomic E-state index is 6.17. The topological polar surface area (TPSA) is 33.7 Å². The fraction of sp³-hybridized carbons (Fsp3) is 0.625. The predicted molar refractivity (Wildman–Crippen MR) is 80.7 cm³/mol. The van der Waals surface area contributed by atoms with Crippen LogP contribution in [0.3, 0.4) is 0 Å². The van der Waals surface area contributed by atoms with E-state index in [4.69, 9.17) is 9.47 Å². The van der Waals surface area contributed by atoms with Crippen molar-refractivity contribution in [3.05, 3.63) is 23.8 Å². The number of nitrogens with zero attached hydrogens (tertiary/aromatic N) is 1. The summed E-state index contributed by atoms with van der Waals surface area (Å²) in [5, 5.41) is 3.45. The lowest BCUT2D eigenvalue weighted by molar-refractivity contribution is 0.141. The van der Waals surface area contributed by atoms with Gasteiger partial charge in [-0.15, -0.1) is 0 Å². The number of anilines is 1. The highest BCUT2D eigenvalue weighted by Gasteiger charge is 2.21. The van der Waals surface area contributed by atoms with E-state index in [1.807, 2.05) is 0 Å². The molecule has 3 rings (SSSR count). The molecule has 4 nitrogen and oxygen atoms in total. The number of rotatable bonds is 3. The third-order valence-electron chi connectivity index (χ3n) is 3.98. The van der Waals surface area contributed by atoms with Crippen molar-refractivity contribution in [1.29, 1.82) is 0 Å². The van der Waals surface area contributed by atoms with Gasteiger partial charge in [-0.2, -0.15) is 0 Å². The number of nitrogens with one attached hydrogen (secondary N) is 1. The summed E-state index contributed by atoms with van der Waals surface area (Å²) in [6.07, 6.45) is 2.39. The van der Waals surface area contributed by atoms with Gasteiger partial charge in [-0.3, -0.25) is 0 Å². The van der Waals surface area contributed by atoms with E-state index in [2.05, 4.69) is 35.3 Å². The fourth-order valence-corrected chi connectivity index (χ4v) is 2.85. The Labute approximate surface area is 121 Å². The van der Waals surface area contributed by atoms with Gasteiger partial charge >= 0.3 is 0 Å². The molecule has 1 N–H and O–H groups in total. The summed E-state index contributed by atoms with van der Waals surface area (Å²) in [6.45, 7) is 7.96. The van der Waals surface area contributed by atoms with E-state index in [9.17, 15) is 0 Å². The molecule has 0 radical (unpaired) electrons. The first kappa shape index (κ1) is 13.7. The van der Waals surface area contributed by atoms with E-state index in [1.165, 1.54) is 17.7 Å². The van der Waals surface area contributed by atoms with Crippen LogP contribution in [0.15, 0.2) is 18.2 Å². The summed E-state index contributed by atoms with van der Waals surface area (Å²) < 4.78 is 11.6.